The molecular weight excluding hydrogens is 252 g/mol. The van der Waals surface area contributed by atoms with Crippen LogP contribution in [0.3, 0.4) is 0 Å². The highest BCUT2D eigenvalue weighted by Gasteiger charge is 2.47. The summed E-state index contributed by atoms with van der Waals surface area (Å²) in [6, 6.07) is 7.98. The van der Waals surface area contributed by atoms with Gasteiger partial charge in [-0.05, 0) is 38.2 Å². The standard InChI is InChI=1S/C17H24O3/c1-4-20-16(18)11-15-13(3)9-10-17(15,19)14-7-5-12(2)6-8-14/h5-8,13,15,19H,4,9-11H2,1-3H3/t13-,15+,17-/m1/s1. The Labute approximate surface area is 121 Å². The summed E-state index contributed by atoms with van der Waals surface area (Å²) in [5.41, 5.74) is 1.19. The summed E-state index contributed by atoms with van der Waals surface area (Å²) in [5.74, 6) is 0.0479. The van der Waals surface area contributed by atoms with Gasteiger partial charge in [0.2, 0.25) is 0 Å². The maximum atomic E-state index is 11.8. The average molecular weight is 276 g/mol. The molecule has 3 heteroatoms. The van der Waals surface area contributed by atoms with Gasteiger partial charge in [0, 0.05) is 5.92 Å². The minimum atomic E-state index is -0.903. The molecule has 2 rings (SSSR count). The van der Waals surface area contributed by atoms with Gasteiger partial charge in [-0.1, -0.05) is 36.8 Å². The summed E-state index contributed by atoms with van der Waals surface area (Å²) in [7, 11) is 0. The highest BCUT2D eigenvalue weighted by atomic mass is 16.5. The van der Waals surface area contributed by atoms with Gasteiger partial charge in [0.1, 0.15) is 0 Å². The minimum absolute atomic E-state index is 0.0655. The van der Waals surface area contributed by atoms with Crippen molar-refractivity contribution in [2.45, 2.75) is 45.6 Å². The molecule has 1 aromatic rings. The van der Waals surface area contributed by atoms with E-state index in [-0.39, 0.29) is 11.9 Å². The number of ether oxygens (including phenoxy) is 1. The maximum absolute atomic E-state index is 11.8. The van der Waals surface area contributed by atoms with E-state index in [9.17, 15) is 9.90 Å². The molecule has 110 valence electrons. The Morgan fingerprint density at radius 1 is 1.40 bits per heavy atom. The van der Waals surface area contributed by atoms with Gasteiger partial charge < -0.3 is 9.84 Å². The van der Waals surface area contributed by atoms with E-state index >= 15 is 0 Å². The molecule has 1 N–H and O–H groups in total. The average Bonchev–Trinajstić information content (AvgIpc) is 2.69. The van der Waals surface area contributed by atoms with E-state index in [2.05, 4.69) is 6.92 Å². The Bertz CT molecular complexity index is 466. The normalized spacial score (nSPS) is 29.4. The van der Waals surface area contributed by atoms with Gasteiger partial charge in [0.25, 0.3) is 0 Å². The van der Waals surface area contributed by atoms with Crippen LogP contribution in [-0.4, -0.2) is 17.7 Å². The van der Waals surface area contributed by atoms with Gasteiger partial charge in [-0.2, -0.15) is 0 Å². The van der Waals surface area contributed by atoms with Crippen LogP contribution in [0.15, 0.2) is 24.3 Å². The number of aryl methyl sites for hydroxylation is 1. The third kappa shape index (κ3) is 2.88. The molecule has 20 heavy (non-hydrogen) atoms. The van der Waals surface area contributed by atoms with E-state index in [0.717, 1.165) is 12.0 Å². The molecule has 1 aliphatic rings. The van der Waals surface area contributed by atoms with Crippen molar-refractivity contribution in [3.05, 3.63) is 35.4 Å². The number of benzene rings is 1. The van der Waals surface area contributed by atoms with E-state index in [0.29, 0.717) is 25.4 Å². The number of esters is 1. The monoisotopic (exact) mass is 276 g/mol. The molecule has 0 radical (unpaired) electrons. The highest BCUT2D eigenvalue weighted by Crippen LogP contribution is 2.48. The van der Waals surface area contributed by atoms with Gasteiger partial charge in [-0.3, -0.25) is 4.79 Å². The van der Waals surface area contributed by atoms with Crippen molar-refractivity contribution in [1.82, 2.24) is 0 Å². The lowest BCUT2D eigenvalue weighted by Crippen LogP contribution is -2.34. The Morgan fingerprint density at radius 2 is 2.05 bits per heavy atom. The lowest BCUT2D eigenvalue weighted by atomic mass is 9.79. The molecule has 1 saturated carbocycles. The van der Waals surface area contributed by atoms with Crippen molar-refractivity contribution in [3.63, 3.8) is 0 Å². The molecule has 3 atom stereocenters. The molecule has 0 bridgehead atoms. The van der Waals surface area contributed by atoms with Crippen LogP contribution in [0.5, 0.6) is 0 Å². The SMILES string of the molecule is CCOC(=O)C[C@H]1[C@H](C)CC[C@@]1(O)c1ccc(C)cc1. The van der Waals surface area contributed by atoms with Gasteiger partial charge in [-0.25, -0.2) is 0 Å². The van der Waals surface area contributed by atoms with Crippen LogP contribution in [0.2, 0.25) is 0 Å². The Balaban J connectivity index is 2.23. The fourth-order valence-corrected chi connectivity index (χ4v) is 3.28. The first kappa shape index (κ1) is 15.0. The minimum Gasteiger partial charge on any atom is -0.466 e. The summed E-state index contributed by atoms with van der Waals surface area (Å²) in [6.45, 7) is 6.34. The molecule has 0 saturated heterocycles. The van der Waals surface area contributed by atoms with E-state index in [1.54, 1.807) is 0 Å². The number of hydrogen-bond donors (Lipinski definition) is 1. The number of carbonyl (C=O) groups is 1. The number of hydrogen-bond acceptors (Lipinski definition) is 3. The predicted octanol–water partition coefficient (Wildman–Crippen LogP) is 3.18. The number of carbonyl (C=O) groups excluding carboxylic acids is 1. The summed E-state index contributed by atoms with van der Waals surface area (Å²) < 4.78 is 5.05. The van der Waals surface area contributed by atoms with Crippen LogP contribution in [0.1, 0.15) is 44.2 Å². The van der Waals surface area contributed by atoms with E-state index in [1.807, 2.05) is 38.1 Å². The highest BCUT2D eigenvalue weighted by molar-refractivity contribution is 5.70. The molecule has 1 fully saturated rings. The lowest BCUT2D eigenvalue weighted by Gasteiger charge is -2.32. The first-order valence-electron chi connectivity index (χ1n) is 7.42. The quantitative estimate of drug-likeness (QED) is 0.859. The Hall–Kier alpha value is -1.35. The van der Waals surface area contributed by atoms with Crippen LogP contribution in [0.25, 0.3) is 0 Å². The van der Waals surface area contributed by atoms with E-state index in [1.165, 1.54) is 5.56 Å². The molecule has 0 spiro atoms. The maximum Gasteiger partial charge on any atom is 0.306 e. The molecule has 0 aromatic heterocycles. The number of aliphatic hydroxyl groups is 1. The van der Waals surface area contributed by atoms with Gasteiger partial charge >= 0.3 is 5.97 Å². The molecule has 0 unspecified atom stereocenters. The molecular formula is C17H24O3. The Kier molecular flexibility index (Phi) is 4.48. The van der Waals surface area contributed by atoms with Crippen molar-refractivity contribution >= 4 is 5.97 Å². The first-order valence-corrected chi connectivity index (χ1v) is 7.42. The zero-order valence-corrected chi connectivity index (χ0v) is 12.6. The first-order chi connectivity index (χ1) is 9.47. The van der Waals surface area contributed by atoms with E-state index < -0.39 is 5.60 Å². The third-order valence-electron chi connectivity index (χ3n) is 4.52. The van der Waals surface area contributed by atoms with Crippen molar-refractivity contribution in [3.8, 4) is 0 Å². The van der Waals surface area contributed by atoms with Crippen molar-refractivity contribution in [1.29, 1.82) is 0 Å². The fourth-order valence-electron chi connectivity index (χ4n) is 3.28. The fraction of sp³-hybridized carbons (Fsp3) is 0.588. The van der Waals surface area contributed by atoms with E-state index in [4.69, 9.17) is 4.74 Å². The van der Waals surface area contributed by atoms with Crippen molar-refractivity contribution < 1.29 is 14.6 Å². The summed E-state index contributed by atoms with van der Waals surface area (Å²) in [6.07, 6.45) is 1.94. The predicted molar refractivity (Wildman–Crippen MR) is 78.2 cm³/mol. The Morgan fingerprint density at radius 3 is 2.65 bits per heavy atom. The van der Waals surface area contributed by atoms with Crippen molar-refractivity contribution in [2.24, 2.45) is 11.8 Å². The summed E-state index contributed by atoms with van der Waals surface area (Å²) in [5, 5.41) is 11.1. The van der Waals surface area contributed by atoms with Crippen LogP contribution < -0.4 is 0 Å². The molecule has 0 heterocycles. The smallest absolute Gasteiger partial charge is 0.306 e. The van der Waals surface area contributed by atoms with Crippen LogP contribution in [0.4, 0.5) is 0 Å². The number of rotatable bonds is 4. The molecule has 0 amide bonds. The zero-order chi connectivity index (χ0) is 14.8. The third-order valence-corrected chi connectivity index (χ3v) is 4.52. The van der Waals surface area contributed by atoms with Crippen LogP contribution in [0, 0.1) is 18.8 Å². The second-order valence-electron chi connectivity index (χ2n) is 5.92. The molecule has 1 aromatic carbocycles. The van der Waals surface area contributed by atoms with Crippen LogP contribution >= 0.6 is 0 Å². The summed E-state index contributed by atoms with van der Waals surface area (Å²) >= 11 is 0. The molecule has 1 aliphatic carbocycles. The van der Waals surface area contributed by atoms with Gasteiger partial charge in [0.15, 0.2) is 0 Å². The lowest BCUT2D eigenvalue weighted by molar-refractivity contribution is -0.147. The van der Waals surface area contributed by atoms with Crippen LogP contribution in [-0.2, 0) is 15.1 Å². The largest absolute Gasteiger partial charge is 0.466 e. The molecule has 3 nitrogen and oxygen atoms in total. The topological polar surface area (TPSA) is 46.5 Å². The zero-order valence-electron chi connectivity index (χ0n) is 12.6. The van der Waals surface area contributed by atoms with Gasteiger partial charge in [-0.15, -0.1) is 0 Å². The summed E-state index contributed by atoms with van der Waals surface area (Å²) in [4.78, 5) is 11.8. The van der Waals surface area contributed by atoms with Crippen molar-refractivity contribution in [2.75, 3.05) is 6.61 Å². The van der Waals surface area contributed by atoms with Gasteiger partial charge in [0.05, 0.1) is 18.6 Å². The molecule has 0 aliphatic heterocycles. The second-order valence-corrected chi connectivity index (χ2v) is 5.92. The second kappa shape index (κ2) is 5.96.